The number of hydrogen-bond acceptors (Lipinski definition) is 4. The summed E-state index contributed by atoms with van der Waals surface area (Å²) in [6.07, 6.45) is 0.745. The summed E-state index contributed by atoms with van der Waals surface area (Å²) in [6.45, 7) is 5.07. The second kappa shape index (κ2) is 5.93. The van der Waals surface area contributed by atoms with E-state index < -0.39 is 0 Å². The molecule has 1 N–H and O–H groups in total. The first-order valence-corrected chi connectivity index (χ1v) is 7.50. The van der Waals surface area contributed by atoms with Gasteiger partial charge in [-0.25, -0.2) is 0 Å². The number of piperazine rings is 1. The third-order valence-corrected chi connectivity index (χ3v) is 4.31. The van der Waals surface area contributed by atoms with Crippen molar-refractivity contribution in [2.24, 2.45) is 5.92 Å². The summed E-state index contributed by atoms with van der Waals surface area (Å²) in [5.74, 6) is 1.76. The van der Waals surface area contributed by atoms with Crippen LogP contribution >= 0.6 is 0 Å². The van der Waals surface area contributed by atoms with E-state index in [4.69, 9.17) is 9.47 Å². The lowest BCUT2D eigenvalue weighted by Gasteiger charge is -2.37. The highest BCUT2D eigenvalue weighted by atomic mass is 16.5. The van der Waals surface area contributed by atoms with Crippen molar-refractivity contribution in [3.63, 3.8) is 0 Å². The molecule has 0 aromatic heterocycles. The molecule has 5 heteroatoms. The highest BCUT2D eigenvalue weighted by Crippen LogP contribution is 2.31. The first-order valence-electron chi connectivity index (χ1n) is 7.50. The zero-order valence-electron chi connectivity index (χ0n) is 12.6. The summed E-state index contributed by atoms with van der Waals surface area (Å²) < 4.78 is 11.0. The van der Waals surface area contributed by atoms with Crippen molar-refractivity contribution in [3.8, 4) is 11.5 Å². The summed E-state index contributed by atoms with van der Waals surface area (Å²) in [5, 5.41) is 3.31. The Balaban J connectivity index is 1.72. The minimum absolute atomic E-state index is 0.0774. The van der Waals surface area contributed by atoms with Gasteiger partial charge in [-0.1, -0.05) is 6.07 Å². The summed E-state index contributed by atoms with van der Waals surface area (Å²) in [4.78, 5) is 14.7. The summed E-state index contributed by atoms with van der Waals surface area (Å²) in [5.41, 5.74) is 1.09. The van der Waals surface area contributed by atoms with Gasteiger partial charge >= 0.3 is 0 Å². The lowest BCUT2D eigenvalue weighted by atomic mass is 9.94. The molecule has 5 nitrogen and oxygen atoms in total. The maximum absolute atomic E-state index is 12.7. The van der Waals surface area contributed by atoms with E-state index in [2.05, 4.69) is 12.2 Å². The molecular formula is C16H22N2O3. The average Bonchev–Trinajstić information content (AvgIpc) is 2.53. The minimum atomic E-state index is -0.0774. The van der Waals surface area contributed by atoms with Crippen LogP contribution in [0, 0.1) is 5.92 Å². The first kappa shape index (κ1) is 14.2. The van der Waals surface area contributed by atoms with E-state index in [1.54, 1.807) is 7.11 Å². The molecule has 1 aromatic carbocycles. The summed E-state index contributed by atoms with van der Waals surface area (Å²) >= 11 is 0. The molecule has 1 saturated heterocycles. The van der Waals surface area contributed by atoms with Gasteiger partial charge in [0.15, 0.2) is 0 Å². The maximum atomic E-state index is 12.7. The Kier molecular flexibility index (Phi) is 4.01. The number of hydrogen-bond donors (Lipinski definition) is 1. The Hall–Kier alpha value is -1.75. The molecule has 2 aliphatic heterocycles. The molecule has 0 radical (unpaired) electrons. The predicted octanol–water partition coefficient (Wildman–Crippen LogP) is 1.07. The number of nitrogens with zero attached hydrogens (tertiary/aromatic N) is 1. The number of nitrogens with one attached hydrogen (secondary N) is 1. The number of methoxy groups -OCH3 is 1. The Labute approximate surface area is 125 Å². The van der Waals surface area contributed by atoms with Gasteiger partial charge < -0.3 is 19.7 Å². The Morgan fingerprint density at radius 1 is 1.48 bits per heavy atom. The molecule has 1 amide bonds. The van der Waals surface area contributed by atoms with Crippen molar-refractivity contribution in [3.05, 3.63) is 23.8 Å². The van der Waals surface area contributed by atoms with Crippen LogP contribution in [0.15, 0.2) is 18.2 Å². The minimum Gasteiger partial charge on any atom is -0.497 e. The number of rotatable bonds is 2. The van der Waals surface area contributed by atoms with Gasteiger partial charge in [0.05, 0.1) is 13.0 Å². The molecule has 0 spiro atoms. The van der Waals surface area contributed by atoms with Crippen molar-refractivity contribution in [2.45, 2.75) is 19.4 Å². The van der Waals surface area contributed by atoms with Gasteiger partial charge in [0.1, 0.15) is 18.1 Å². The molecule has 0 bridgehead atoms. The molecule has 2 aliphatic rings. The van der Waals surface area contributed by atoms with Gasteiger partial charge in [-0.15, -0.1) is 0 Å². The number of ether oxygens (including phenoxy) is 2. The fourth-order valence-electron chi connectivity index (χ4n) is 3.04. The number of fused-ring (bicyclic) bond motifs is 1. The molecule has 2 heterocycles. The van der Waals surface area contributed by atoms with Gasteiger partial charge in [-0.05, 0) is 25.0 Å². The van der Waals surface area contributed by atoms with E-state index in [0.717, 1.165) is 43.1 Å². The standard InChI is InChI=1S/C16H22N2O3/c1-11-9-17-5-6-18(11)16(19)13-7-12-3-4-14(20-2)8-15(12)21-10-13/h3-4,8,11,13,17H,5-7,9-10H2,1-2H3/t11-,13+/m1/s1. The van der Waals surface area contributed by atoms with Crippen molar-refractivity contribution in [1.82, 2.24) is 10.2 Å². The van der Waals surface area contributed by atoms with E-state index >= 15 is 0 Å². The van der Waals surface area contributed by atoms with Crippen LogP contribution in [0.2, 0.25) is 0 Å². The van der Waals surface area contributed by atoms with E-state index in [9.17, 15) is 4.79 Å². The van der Waals surface area contributed by atoms with Crippen LogP contribution in [-0.4, -0.2) is 50.2 Å². The molecule has 2 atom stereocenters. The van der Waals surface area contributed by atoms with Gasteiger partial charge in [0.2, 0.25) is 5.91 Å². The highest BCUT2D eigenvalue weighted by molar-refractivity contribution is 5.80. The van der Waals surface area contributed by atoms with E-state index in [1.807, 2.05) is 23.1 Å². The quantitative estimate of drug-likeness (QED) is 0.885. The Morgan fingerprint density at radius 2 is 2.33 bits per heavy atom. The molecule has 0 unspecified atom stereocenters. The Bertz CT molecular complexity index is 532. The van der Waals surface area contributed by atoms with Crippen molar-refractivity contribution >= 4 is 5.91 Å². The Morgan fingerprint density at radius 3 is 3.10 bits per heavy atom. The van der Waals surface area contributed by atoms with Crippen LogP contribution in [0.25, 0.3) is 0 Å². The largest absolute Gasteiger partial charge is 0.497 e. The van der Waals surface area contributed by atoms with Gasteiger partial charge in [0.25, 0.3) is 0 Å². The smallest absolute Gasteiger partial charge is 0.229 e. The average molecular weight is 290 g/mol. The van der Waals surface area contributed by atoms with Crippen LogP contribution in [0.5, 0.6) is 11.5 Å². The fraction of sp³-hybridized carbons (Fsp3) is 0.562. The third-order valence-electron chi connectivity index (χ3n) is 4.31. The van der Waals surface area contributed by atoms with Crippen LogP contribution in [-0.2, 0) is 11.2 Å². The number of carbonyl (C=O) groups excluding carboxylic acids is 1. The zero-order chi connectivity index (χ0) is 14.8. The second-order valence-corrected chi connectivity index (χ2v) is 5.77. The third kappa shape index (κ3) is 2.83. The molecule has 0 aliphatic carbocycles. The SMILES string of the molecule is COc1ccc2c(c1)OC[C@@H](C(=O)N1CCNC[C@H]1C)C2. The second-order valence-electron chi connectivity index (χ2n) is 5.77. The fourth-order valence-corrected chi connectivity index (χ4v) is 3.04. The lowest BCUT2D eigenvalue weighted by Crippen LogP contribution is -2.54. The van der Waals surface area contributed by atoms with Crippen LogP contribution < -0.4 is 14.8 Å². The molecule has 1 aromatic rings. The zero-order valence-corrected chi connectivity index (χ0v) is 12.6. The molecular weight excluding hydrogens is 268 g/mol. The molecule has 21 heavy (non-hydrogen) atoms. The summed E-state index contributed by atoms with van der Waals surface area (Å²) in [6, 6.07) is 6.06. The van der Waals surface area contributed by atoms with Gasteiger partial charge in [0, 0.05) is 31.7 Å². The number of carbonyl (C=O) groups is 1. The van der Waals surface area contributed by atoms with Crippen molar-refractivity contribution < 1.29 is 14.3 Å². The molecule has 1 fully saturated rings. The highest BCUT2D eigenvalue weighted by Gasteiger charge is 2.32. The van der Waals surface area contributed by atoms with Crippen LogP contribution in [0.3, 0.4) is 0 Å². The number of benzene rings is 1. The van der Waals surface area contributed by atoms with Gasteiger partial charge in [-0.2, -0.15) is 0 Å². The molecule has 114 valence electrons. The van der Waals surface area contributed by atoms with Crippen LogP contribution in [0.1, 0.15) is 12.5 Å². The normalized spacial score (nSPS) is 25.0. The topological polar surface area (TPSA) is 50.8 Å². The first-order chi connectivity index (χ1) is 10.2. The predicted molar refractivity (Wildman–Crippen MR) is 79.7 cm³/mol. The van der Waals surface area contributed by atoms with Crippen molar-refractivity contribution in [2.75, 3.05) is 33.4 Å². The maximum Gasteiger partial charge on any atom is 0.229 e. The molecule has 3 rings (SSSR count). The lowest BCUT2D eigenvalue weighted by molar-refractivity contribution is -0.139. The number of amides is 1. The van der Waals surface area contributed by atoms with E-state index in [0.29, 0.717) is 6.61 Å². The van der Waals surface area contributed by atoms with E-state index in [1.165, 1.54) is 0 Å². The van der Waals surface area contributed by atoms with E-state index in [-0.39, 0.29) is 17.9 Å². The van der Waals surface area contributed by atoms with Crippen molar-refractivity contribution in [1.29, 1.82) is 0 Å². The molecule has 0 saturated carbocycles. The van der Waals surface area contributed by atoms with Gasteiger partial charge in [-0.3, -0.25) is 4.79 Å². The summed E-state index contributed by atoms with van der Waals surface area (Å²) in [7, 11) is 1.64. The monoisotopic (exact) mass is 290 g/mol. The van der Waals surface area contributed by atoms with Crippen LogP contribution in [0.4, 0.5) is 0 Å².